The molecule has 1 amide bonds. The van der Waals surface area contributed by atoms with Crippen LogP contribution >= 0.6 is 11.3 Å². The van der Waals surface area contributed by atoms with Gasteiger partial charge in [0.2, 0.25) is 7.28 Å². The number of methoxy groups -OCH3 is 1. The molecule has 4 aromatic rings. The summed E-state index contributed by atoms with van der Waals surface area (Å²) in [5.41, 5.74) is 6.69. The van der Waals surface area contributed by atoms with Crippen molar-refractivity contribution in [3.8, 4) is 0 Å². The Hall–Kier alpha value is -4.05. The Balaban J connectivity index is 1.25. The molecule has 243 valence electrons. The highest BCUT2D eigenvalue weighted by atomic mass is 32.1. The third kappa shape index (κ3) is 8.86. The van der Waals surface area contributed by atoms with Crippen LogP contribution in [0.4, 0.5) is 5.00 Å². The normalized spacial score (nSPS) is 13.1. The van der Waals surface area contributed by atoms with E-state index in [9.17, 15) is 19.5 Å². The number of aliphatic hydroxyl groups excluding tert-OH is 1. The number of fused-ring (bicyclic) bond motifs is 1. The minimum absolute atomic E-state index is 0.0236. The molecule has 0 unspecified atom stereocenters. The van der Waals surface area contributed by atoms with Gasteiger partial charge in [-0.05, 0) is 91.0 Å². The number of anilines is 1. The molecule has 7 nitrogen and oxygen atoms in total. The van der Waals surface area contributed by atoms with Gasteiger partial charge in [0.15, 0.2) is 0 Å². The fourth-order valence-corrected chi connectivity index (χ4v) is 7.18. The van der Waals surface area contributed by atoms with Gasteiger partial charge in [-0.15, -0.1) is 11.3 Å². The van der Waals surface area contributed by atoms with Gasteiger partial charge in [0.1, 0.15) is 10.7 Å². The molecule has 1 aromatic heterocycles. The number of rotatable bonds is 14. The number of nitrogens with one attached hydrogen (secondary N) is 2. The monoisotopic (exact) mass is 649 g/mol. The molecular formula is C38H42BN2O5S. The van der Waals surface area contributed by atoms with E-state index in [4.69, 9.17) is 4.74 Å². The number of ether oxygens (including phenoxy) is 1. The maximum atomic E-state index is 13.8. The fraction of sp³-hybridized carbons (Fsp3) is 0.342. The van der Waals surface area contributed by atoms with Crippen LogP contribution in [0.5, 0.6) is 0 Å². The smallest absolute Gasteiger partial charge is 0.337 e. The second-order valence-electron chi connectivity index (χ2n) is 12.4. The van der Waals surface area contributed by atoms with Gasteiger partial charge >= 0.3 is 5.97 Å². The molecule has 1 radical (unpaired) electrons. The lowest BCUT2D eigenvalue weighted by Crippen LogP contribution is -2.36. The maximum absolute atomic E-state index is 13.8. The molecule has 0 aliphatic heterocycles. The number of hydrogen-bond acceptors (Lipinski definition) is 7. The predicted molar refractivity (Wildman–Crippen MR) is 189 cm³/mol. The lowest BCUT2D eigenvalue weighted by Gasteiger charge is -2.20. The van der Waals surface area contributed by atoms with Crippen LogP contribution in [0.25, 0.3) is 0 Å². The van der Waals surface area contributed by atoms with Gasteiger partial charge in [-0.3, -0.25) is 4.79 Å². The first-order valence-corrected chi connectivity index (χ1v) is 17.1. The molecule has 0 spiro atoms. The minimum Gasteiger partial charge on any atom is -0.465 e. The summed E-state index contributed by atoms with van der Waals surface area (Å²) in [6.45, 7) is 4.71. The summed E-state index contributed by atoms with van der Waals surface area (Å²) in [6, 6.07) is 22.9. The standard InChI is InChI=1S/C38H42BN2O5S/c1-24(2)32(23-42)40-22-27-7-6-8-29(21-27)36(44)41-37-34(31-9-4-5-10-33(31)47-37)35(43)39-30-19-15-26(16-20-30)12-11-25-13-17-28(18-14-25)38(45)46-3/h6-8,13-21,24,32,40,42H,4-5,9-12,22-23H2,1-3H3,(H,41,44)/t32-/m0/s1. The third-order valence-electron chi connectivity index (χ3n) is 8.76. The molecule has 0 saturated heterocycles. The number of amides is 1. The SMILES string of the molecule is COC(=O)c1ccc(CCc2ccc([B]C(=O)c3c(NC(=O)c4cccc(CN[C@@H](CO)C(C)C)c4)sc4c3CCCC4)cc2)cc1. The van der Waals surface area contributed by atoms with E-state index < -0.39 is 0 Å². The van der Waals surface area contributed by atoms with Crippen molar-refractivity contribution >= 4 is 46.6 Å². The number of carbonyl (C=O) groups is 3. The summed E-state index contributed by atoms with van der Waals surface area (Å²) in [5, 5.41) is 16.7. The van der Waals surface area contributed by atoms with Crippen LogP contribution in [0.1, 0.15) is 84.9 Å². The first-order valence-electron chi connectivity index (χ1n) is 16.3. The Morgan fingerprint density at radius 1 is 0.894 bits per heavy atom. The molecule has 3 aromatic carbocycles. The molecule has 0 saturated carbocycles. The van der Waals surface area contributed by atoms with E-state index in [2.05, 4.69) is 24.5 Å². The first-order chi connectivity index (χ1) is 22.7. The van der Waals surface area contributed by atoms with Crippen LogP contribution < -0.4 is 16.1 Å². The average Bonchev–Trinajstić information content (AvgIpc) is 3.46. The van der Waals surface area contributed by atoms with E-state index in [-0.39, 0.29) is 36.1 Å². The number of thiophene rings is 1. The van der Waals surface area contributed by atoms with Crippen molar-refractivity contribution < 1.29 is 24.2 Å². The molecule has 0 bridgehead atoms. The number of benzene rings is 3. The Kier molecular flexibility index (Phi) is 11.8. The predicted octanol–water partition coefficient (Wildman–Crippen LogP) is 5.73. The molecule has 47 heavy (non-hydrogen) atoms. The van der Waals surface area contributed by atoms with Crippen LogP contribution in [0.3, 0.4) is 0 Å². The Morgan fingerprint density at radius 3 is 2.23 bits per heavy atom. The van der Waals surface area contributed by atoms with Gasteiger partial charge < -0.3 is 25.3 Å². The Bertz CT molecular complexity index is 1700. The molecule has 5 rings (SSSR count). The van der Waals surface area contributed by atoms with Crippen molar-refractivity contribution in [2.75, 3.05) is 19.0 Å². The maximum Gasteiger partial charge on any atom is 0.337 e. The highest BCUT2D eigenvalue weighted by Gasteiger charge is 2.27. The van der Waals surface area contributed by atoms with Crippen LogP contribution in [0.15, 0.2) is 72.8 Å². The van der Waals surface area contributed by atoms with Gasteiger partial charge in [-0.25, -0.2) is 4.79 Å². The zero-order valence-corrected chi connectivity index (χ0v) is 28.1. The van der Waals surface area contributed by atoms with E-state index in [1.54, 1.807) is 25.5 Å². The quantitative estimate of drug-likeness (QED) is 0.119. The van der Waals surface area contributed by atoms with Crippen molar-refractivity contribution in [3.63, 3.8) is 0 Å². The van der Waals surface area contributed by atoms with Crippen molar-refractivity contribution in [1.29, 1.82) is 0 Å². The molecular weight excluding hydrogens is 607 g/mol. The van der Waals surface area contributed by atoms with Gasteiger partial charge in [0, 0.05) is 28.6 Å². The van der Waals surface area contributed by atoms with E-state index >= 15 is 0 Å². The number of hydrogen-bond donors (Lipinski definition) is 3. The van der Waals surface area contributed by atoms with E-state index in [1.165, 1.54) is 23.3 Å². The highest BCUT2D eigenvalue weighted by Crippen LogP contribution is 2.38. The second-order valence-corrected chi connectivity index (χ2v) is 13.5. The van der Waals surface area contributed by atoms with E-state index in [0.717, 1.165) is 66.2 Å². The first kappa shape index (κ1) is 34.3. The zero-order chi connectivity index (χ0) is 33.3. The molecule has 0 fully saturated rings. The topological polar surface area (TPSA) is 105 Å². The second kappa shape index (κ2) is 16.2. The summed E-state index contributed by atoms with van der Waals surface area (Å²) >= 11 is 1.52. The fourth-order valence-electron chi connectivity index (χ4n) is 5.89. The number of aryl methyl sites for hydroxylation is 3. The van der Waals surface area contributed by atoms with Gasteiger partial charge in [-0.1, -0.05) is 67.8 Å². The highest BCUT2D eigenvalue weighted by molar-refractivity contribution is 7.17. The molecule has 1 heterocycles. The van der Waals surface area contributed by atoms with Crippen molar-refractivity contribution in [3.05, 3.63) is 117 Å². The number of aliphatic hydroxyl groups is 1. The van der Waals surface area contributed by atoms with Gasteiger partial charge in [0.05, 0.1) is 19.3 Å². The Morgan fingerprint density at radius 2 is 1.57 bits per heavy atom. The molecule has 9 heteroatoms. The number of esters is 1. The van der Waals surface area contributed by atoms with Gasteiger partial charge in [-0.2, -0.15) is 0 Å². The number of carbonyl (C=O) groups excluding carboxylic acids is 3. The summed E-state index contributed by atoms with van der Waals surface area (Å²) < 4.78 is 4.77. The van der Waals surface area contributed by atoms with Crippen molar-refractivity contribution in [2.24, 2.45) is 5.92 Å². The van der Waals surface area contributed by atoms with Crippen molar-refractivity contribution in [2.45, 2.75) is 65.0 Å². The largest absolute Gasteiger partial charge is 0.465 e. The molecule has 1 aliphatic carbocycles. The zero-order valence-electron chi connectivity index (χ0n) is 27.3. The van der Waals surface area contributed by atoms with Crippen LogP contribution in [0.2, 0.25) is 0 Å². The molecule has 3 N–H and O–H groups in total. The van der Waals surface area contributed by atoms with Crippen LogP contribution in [-0.4, -0.2) is 49.7 Å². The van der Waals surface area contributed by atoms with E-state index in [0.29, 0.717) is 28.2 Å². The van der Waals surface area contributed by atoms with E-state index in [1.807, 2.05) is 54.6 Å². The van der Waals surface area contributed by atoms with Crippen LogP contribution in [0, 0.1) is 5.92 Å². The lowest BCUT2D eigenvalue weighted by atomic mass is 9.63. The third-order valence-corrected chi connectivity index (χ3v) is 9.97. The van der Waals surface area contributed by atoms with Crippen LogP contribution in [-0.2, 0) is 37.0 Å². The summed E-state index contributed by atoms with van der Waals surface area (Å²) in [7, 11) is 3.04. The molecule has 1 aliphatic rings. The molecule has 1 atom stereocenters. The lowest BCUT2D eigenvalue weighted by molar-refractivity contribution is 0.0600. The Labute approximate surface area is 282 Å². The van der Waals surface area contributed by atoms with Gasteiger partial charge in [0.25, 0.3) is 5.91 Å². The average molecular weight is 650 g/mol. The summed E-state index contributed by atoms with van der Waals surface area (Å²) in [6.07, 6.45) is 5.51. The summed E-state index contributed by atoms with van der Waals surface area (Å²) in [4.78, 5) is 40.1. The minimum atomic E-state index is -0.343. The van der Waals surface area contributed by atoms with Crippen molar-refractivity contribution in [1.82, 2.24) is 5.32 Å². The summed E-state index contributed by atoms with van der Waals surface area (Å²) in [5.74, 6) is -0.303.